The number of hydrogen-bond acceptors (Lipinski definition) is 5. The molecule has 5 heteroatoms. The number of esters is 2. The van der Waals surface area contributed by atoms with E-state index in [4.69, 9.17) is 4.74 Å². The predicted octanol–water partition coefficient (Wildman–Crippen LogP) is 1.84. The lowest BCUT2D eigenvalue weighted by Crippen LogP contribution is -2.25. The first-order valence-corrected chi connectivity index (χ1v) is 6.12. The van der Waals surface area contributed by atoms with Crippen molar-refractivity contribution < 1.29 is 19.1 Å². The van der Waals surface area contributed by atoms with Crippen LogP contribution in [0.4, 0.5) is 5.69 Å². The van der Waals surface area contributed by atoms with Crippen LogP contribution in [0.3, 0.4) is 0 Å². The molecule has 0 atom stereocenters. The number of carbonyl (C=O) groups excluding carboxylic acids is 2. The lowest BCUT2D eigenvalue weighted by molar-refractivity contribution is -0.146. The molecule has 0 aliphatic heterocycles. The Morgan fingerprint density at radius 3 is 2.26 bits per heavy atom. The van der Waals surface area contributed by atoms with E-state index in [2.05, 4.69) is 10.1 Å². The van der Waals surface area contributed by atoms with Gasteiger partial charge in [0.05, 0.1) is 25.2 Å². The number of rotatable bonds is 5. The number of anilines is 1. The standard InChI is InChI=1S/C14H17NO4/c1-18-12(16)10-3-5-11(6-4-10)15-9-14(7-8-14)13(17)19-2/h3-6,15H,7-9H2,1-2H3. The van der Waals surface area contributed by atoms with E-state index in [-0.39, 0.29) is 17.4 Å². The minimum Gasteiger partial charge on any atom is -0.469 e. The first-order valence-electron chi connectivity index (χ1n) is 6.12. The van der Waals surface area contributed by atoms with Crippen molar-refractivity contribution >= 4 is 17.6 Å². The molecular formula is C14H17NO4. The third kappa shape index (κ3) is 2.86. The molecule has 19 heavy (non-hydrogen) atoms. The topological polar surface area (TPSA) is 64.6 Å². The Bertz CT molecular complexity index is 477. The van der Waals surface area contributed by atoms with Gasteiger partial charge in [-0.1, -0.05) is 0 Å². The monoisotopic (exact) mass is 263 g/mol. The van der Waals surface area contributed by atoms with Crippen molar-refractivity contribution in [3.8, 4) is 0 Å². The Morgan fingerprint density at radius 1 is 1.16 bits per heavy atom. The zero-order valence-corrected chi connectivity index (χ0v) is 11.1. The molecule has 1 N–H and O–H groups in total. The normalized spacial score (nSPS) is 15.5. The van der Waals surface area contributed by atoms with Crippen molar-refractivity contribution in [1.29, 1.82) is 0 Å². The van der Waals surface area contributed by atoms with E-state index >= 15 is 0 Å². The molecule has 1 aliphatic carbocycles. The molecular weight excluding hydrogens is 246 g/mol. The number of carbonyl (C=O) groups is 2. The molecule has 102 valence electrons. The van der Waals surface area contributed by atoms with Crippen LogP contribution >= 0.6 is 0 Å². The highest BCUT2D eigenvalue weighted by Gasteiger charge is 2.50. The first-order chi connectivity index (χ1) is 9.11. The summed E-state index contributed by atoms with van der Waals surface area (Å²) in [6, 6.07) is 6.96. The Morgan fingerprint density at radius 2 is 1.79 bits per heavy atom. The Hall–Kier alpha value is -2.04. The average Bonchev–Trinajstić information content (AvgIpc) is 3.25. The van der Waals surface area contributed by atoms with Crippen LogP contribution in [0.25, 0.3) is 0 Å². The van der Waals surface area contributed by atoms with Gasteiger partial charge in [0.15, 0.2) is 0 Å². The van der Waals surface area contributed by atoms with Gasteiger partial charge in [-0.3, -0.25) is 4.79 Å². The summed E-state index contributed by atoms with van der Waals surface area (Å²) in [4.78, 5) is 22.9. The second-order valence-electron chi connectivity index (χ2n) is 4.69. The lowest BCUT2D eigenvalue weighted by Gasteiger charge is -2.14. The lowest BCUT2D eigenvalue weighted by atomic mass is 10.1. The van der Waals surface area contributed by atoms with Crippen LogP contribution in [0.15, 0.2) is 24.3 Å². The molecule has 0 spiro atoms. The Kier molecular flexibility index (Phi) is 3.74. The van der Waals surface area contributed by atoms with Gasteiger partial charge in [-0.2, -0.15) is 0 Å². The van der Waals surface area contributed by atoms with Gasteiger partial charge in [-0.25, -0.2) is 4.79 Å². The molecule has 0 aromatic heterocycles. The molecule has 0 radical (unpaired) electrons. The van der Waals surface area contributed by atoms with Gasteiger partial charge in [-0.15, -0.1) is 0 Å². The molecule has 0 bridgehead atoms. The number of methoxy groups -OCH3 is 2. The van der Waals surface area contributed by atoms with Gasteiger partial charge in [0.25, 0.3) is 0 Å². The summed E-state index contributed by atoms with van der Waals surface area (Å²) in [5.41, 5.74) is 1.00. The van der Waals surface area contributed by atoms with E-state index in [0.29, 0.717) is 12.1 Å². The number of ether oxygens (including phenoxy) is 2. The molecule has 1 saturated carbocycles. The average molecular weight is 263 g/mol. The van der Waals surface area contributed by atoms with Crippen LogP contribution in [0.5, 0.6) is 0 Å². The summed E-state index contributed by atoms with van der Waals surface area (Å²) >= 11 is 0. The zero-order valence-electron chi connectivity index (χ0n) is 11.1. The highest BCUT2D eigenvalue weighted by molar-refractivity contribution is 5.89. The van der Waals surface area contributed by atoms with Crippen LogP contribution in [-0.2, 0) is 14.3 Å². The van der Waals surface area contributed by atoms with Crippen molar-refractivity contribution in [2.24, 2.45) is 5.41 Å². The minimum absolute atomic E-state index is 0.161. The molecule has 5 nitrogen and oxygen atoms in total. The molecule has 1 aromatic rings. The molecule has 0 saturated heterocycles. The largest absolute Gasteiger partial charge is 0.469 e. The van der Waals surface area contributed by atoms with E-state index in [1.165, 1.54) is 14.2 Å². The van der Waals surface area contributed by atoms with E-state index in [9.17, 15) is 9.59 Å². The quantitative estimate of drug-likeness (QED) is 0.821. The fourth-order valence-electron chi connectivity index (χ4n) is 1.93. The molecule has 1 fully saturated rings. The smallest absolute Gasteiger partial charge is 0.337 e. The van der Waals surface area contributed by atoms with Crippen molar-refractivity contribution in [2.75, 3.05) is 26.1 Å². The van der Waals surface area contributed by atoms with E-state index in [1.54, 1.807) is 24.3 Å². The molecule has 1 aliphatic rings. The van der Waals surface area contributed by atoms with Gasteiger partial charge in [0.2, 0.25) is 0 Å². The van der Waals surface area contributed by atoms with Crippen molar-refractivity contribution in [1.82, 2.24) is 0 Å². The maximum Gasteiger partial charge on any atom is 0.337 e. The summed E-state index contributed by atoms with van der Waals surface area (Å²) < 4.78 is 9.42. The van der Waals surface area contributed by atoms with Crippen LogP contribution in [0.1, 0.15) is 23.2 Å². The minimum atomic E-state index is -0.365. The zero-order chi connectivity index (χ0) is 13.9. The Labute approximate surface area is 111 Å². The molecule has 2 rings (SSSR count). The van der Waals surface area contributed by atoms with Crippen LogP contribution < -0.4 is 5.32 Å². The van der Waals surface area contributed by atoms with Crippen LogP contribution in [-0.4, -0.2) is 32.7 Å². The van der Waals surface area contributed by atoms with Crippen molar-refractivity contribution in [3.63, 3.8) is 0 Å². The van der Waals surface area contributed by atoms with Crippen molar-refractivity contribution in [2.45, 2.75) is 12.8 Å². The van der Waals surface area contributed by atoms with Gasteiger partial charge in [-0.05, 0) is 37.1 Å². The maximum atomic E-state index is 11.6. The number of benzene rings is 1. The molecule has 0 unspecified atom stereocenters. The predicted molar refractivity (Wildman–Crippen MR) is 70.0 cm³/mol. The summed E-state index contributed by atoms with van der Waals surface area (Å²) in [5.74, 6) is -0.522. The Balaban J connectivity index is 1.94. The summed E-state index contributed by atoms with van der Waals surface area (Å²) in [5, 5.41) is 3.19. The van der Waals surface area contributed by atoms with Crippen molar-refractivity contribution in [3.05, 3.63) is 29.8 Å². The second-order valence-corrected chi connectivity index (χ2v) is 4.69. The van der Waals surface area contributed by atoms with E-state index < -0.39 is 0 Å². The summed E-state index contributed by atoms with van der Waals surface area (Å²) in [6.07, 6.45) is 1.71. The molecule has 0 amide bonds. The molecule has 1 aromatic carbocycles. The molecule has 0 heterocycles. The second kappa shape index (κ2) is 5.30. The fraction of sp³-hybridized carbons (Fsp3) is 0.429. The van der Waals surface area contributed by atoms with Gasteiger partial charge in [0, 0.05) is 12.2 Å². The van der Waals surface area contributed by atoms with Crippen LogP contribution in [0, 0.1) is 5.41 Å². The highest BCUT2D eigenvalue weighted by Crippen LogP contribution is 2.46. The SMILES string of the molecule is COC(=O)c1ccc(NCC2(C(=O)OC)CC2)cc1. The van der Waals surface area contributed by atoms with Crippen LogP contribution in [0.2, 0.25) is 0 Å². The van der Waals surface area contributed by atoms with Gasteiger partial charge < -0.3 is 14.8 Å². The number of nitrogens with one attached hydrogen (secondary N) is 1. The highest BCUT2D eigenvalue weighted by atomic mass is 16.5. The van der Waals surface area contributed by atoms with Gasteiger partial charge >= 0.3 is 11.9 Å². The first kappa shape index (κ1) is 13.4. The maximum absolute atomic E-state index is 11.6. The summed E-state index contributed by atoms with van der Waals surface area (Å²) in [7, 11) is 2.76. The fourth-order valence-corrected chi connectivity index (χ4v) is 1.93. The number of hydrogen-bond donors (Lipinski definition) is 1. The van der Waals surface area contributed by atoms with E-state index in [1.807, 2.05) is 0 Å². The summed E-state index contributed by atoms with van der Waals surface area (Å²) in [6.45, 7) is 0.553. The van der Waals surface area contributed by atoms with Gasteiger partial charge in [0.1, 0.15) is 0 Å². The van der Waals surface area contributed by atoms with E-state index in [0.717, 1.165) is 18.5 Å². The third-order valence-electron chi connectivity index (χ3n) is 3.41. The third-order valence-corrected chi connectivity index (χ3v) is 3.41.